The summed E-state index contributed by atoms with van der Waals surface area (Å²) in [5, 5.41) is 1.27. The lowest BCUT2D eigenvalue weighted by atomic mass is 10.1. The zero-order valence-electron chi connectivity index (χ0n) is 13.8. The maximum Gasteiger partial charge on any atom is 0.234 e. The van der Waals surface area contributed by atoms with Gasteiger partial charge in [-0.2, -0.15) is 0 Å². The van der Waals surface area contributed by atoms with Crippen LogP contribution in [0, 0.1) is 0 Å². The van der Waals surface area contributed by atoms with Crippen LogP contribution in [0.15, 0.2) is 72.0 Å². The lowest BCUT2D eigenvalue weighted by Gasteiger charge is -2.06. The molecule has 4 rings (SSSR count). The zero-order chi connectivity index (χ0) is 18.3. The highest BCUT2D eigenvalue weighted by molar-refractivity contribution is 7.91. The van der Waals surface area contributed by atoms with Crippen molar-refractivity contribution in [1.82, 2.24) is 14.5 Å². The van der Waals surface area contributed by atoms with Gasteiger partial charge in [0.05, 0.1) is 10.4 Å². The summed E-state index contributed by atoms with van der Waals surface area (Å²) in [5.41, 5.74) is 2.37. The maximum atomic E-state index is 12.1. The fourth-order valence-corrected chi connectivity index (χ4v) is 4.00. The third-order valence-corrected chi connectivity index (χ3v) is 5.57. The van der Waals surface area contributed by atoms with Crippen molar-refractivity contribution in [2.24, 2.45) is 0 Å². The Hall–Kier alpha value is -2.70. The normalized spacial score (nSPS) is 11.8. The molecule has 0 aliphatic heterocycles. The summed E-state index contributed by atoms with van der Waals surface area (Å²) in [7, 11) is -3.37. The van der Waals surface area contributed by atoms with Gasteiger partial charge in [-0.25, -0.2) is 18.4 Å². The summed E-state index contributed by atoms with van der Waals surface area (Å²) in [4.78, 5) is 9.08. The summed E-state index contributed by atoms with van der Waals surface area (Å²) in [6.07, 6.45) is 6.11. The molecular formula is C19H14ClN3O2S. The van der Waals surface area contributed by atoms with E-state index in [0.29, 0.717) is 16.4 Å². The summed E-state index contributed by atoms with van der Waals surface area (Å²) in [6.45, 7) is 0. The van der Waals surface area contributed by atoms with Crippen molar-refractivity contribution in [3.63, 3.8) is 0 Å². The van der Waals surface area contributed by atoms with Gasteiger partial charge < -0.3 is 0 Å². The fraction of sp³-hybridized carbons (Fsp3) is 0.0526. The van der Waals surface area contributed by atoms with E-state index in [-0.39, 0.29) is 4.90 Å². The molecule has 0 radical (unpaired) electrons. The van der Waals surface area contributed by atoms with E-state index in [9.17, 15) is 8.42 Å². The van der Waals surface area contributed by atoms with Gasteiger partial charge in [0.2, 0.25) is 5.95 Å². The van der Waals surface area contributed by atoms with Crippen molar-refractivity contribution >= 4 is 32.3 Å². The van der Waals surface area contributed by atoms with E-state index in [2.05, 4.69) is 9.97 Å². The molecule has 0 N–H and O–H groups in total. The number of para-hydroxylation sites is 1. The topological polar surface area (TPSA) is 64.8 Å². The molecule has 5 nitrogen and oxygen atoms in total. The van der Waals surface area contributed by atoms with Crippen LogP contribution >= 0.6 is 11.6 Å². The van der Waals surface area contributed by atoms with Crippen LogP contribution in [0.25, 0.3) is 28.0 Å². The van der Waals surface area contributed by atoms with Crippen molar-refractivity contribution in [3.05, 3.63) is 72.1 Å². The minimum Gasteiger partial charge on any atom is -0.284 e. The first-order chi connectivity index (χ1) is 12.4. The van der Waals surface area contributed by atoms with Crippen molar-refractivity contribution in [2.45, 2.75) is 4.90 Å². The van der Waals surface area contributed by atoms with Crippen LogP contribution in [0.4, 0.5) is 0 Å². The van der Waals surface area contributed by atoms with E-state index < -0.39 is 9.84 Å². The van der Waals surface area contributed by atoms with Gasteiger partial charge in [0.1, 0.15) is 0 Å². The number of halogens is 1. The predicted molar refractivity (Wildman–Crippen MR) is 102 cm³/mol. The van der Waals surface area contributed by atoms with E-state index in [1.54, 1.807) is 29.2 Å². The van der Waals surface area contributed by atoms with Crippen LogP contribution in [0.5, 0.6) is 0 Å². The molecule has 2 heterocycles. The minimum absolute atomic E-state index is 0.256. The molecule has 0 spiro atoms. The van der Waals surface area contributed by atoms with Crippen LogP contribution in [0.1, 0.15) is 0 Å². The fourth-order valence-electron chi connectivity index (χ4n) is 2.89. The van der Waals surface area contributed by atoms with Gasteiger partial charge in [0.15, 0.2) is 9.84 Å². The highest BCUT2D eigenvalue weighted by atomic mass is 35.5. The molecule has 0 aliphatic carbocycles. The molecule has 0 saturated carbocycles. The Balaban J connectivity index is 1.86. The van der Waals surface area contributed by atoms with Gasteiger partial charge in [0, 0.05) is 46.4 Å². The summed E-state index contributed by atoms with van der Waals surface area (Å²) < 4.78 is 25.9. The lowest BCUT2D eigenvalue weighted by Crippen LogP contribution is -2.00. The largest absolute Gasteiger partial charge is 0.284 e. The number of benzene rings is 2. The summed E-state index contributed by atoms with van der Waals surface area (Å²) >= 11 is 6.22. The highest BCUT2D eigenvalue weighted by Crippen LogP contribution is 2.29. The second kappa shape index (κ2) is 6.23. The van der Waals surface area contributed by atoms with Crippen molar-refractivity contribution in [1.29, 1.82) is 0 Å². The molecule has 4 aromatic rings. The zero-order valence-corrected chi connectivity index (χ0v) is 15.4. The first-order valence-electron chi connectivity index (χ1n) is 7.82. The van der Waals surface area contributed by atoms with Crippen LogP contribution in [0.2, 0.25) is 5.02 Å². The van der Waals surface area contributed by atoms with E-state index in [1.165, 1.54) is 6.26 Å². The van der Waals surface area contributed by atoms with Gasteiger partial charge in [-0.1, -0.05) is 48.0 Å². The molecule has 0 atom stereocenters. The van der Waals surface area contributed by atoms with Crippen LogP contribution in [-0.2, 0) is 9.84 Å². The Morgan fingerprint density at radius 3 is 2.31 bits per heavy atom. The number of aromatic nitrogens is 3. The number of hydrogen-bond acceptors (Lipinski definition) is 4. The molecule has 26 heavy (non-hydrogen) atoms. The van der Waals surface area contributed by atoms with E-state index in [1.807, 2.05) is 42.5 Å². The molecule has 0 unspecified atom stereocenters. The van der Waals surface area contributed by atoms with Crippen molar-refractivity contribution in [2.75, 3.05) is 6.26 Å². The Kier molecular flexibility index (Phi) is 4.01. The SMILES string of the molecule is CS(=O)(=O)c1cn(-c2ncc(-c3ccccc3Cl)cn2)c2ccccc12. The number of sulfone groups is 1. The number of fused-ring (bicyclic) bond motifs is 1. The molecular weight excluding hydrogens is 370 g/mol. The molecule has 2 aromatic heterocycles. The van der Waals surface area contributed by atoms with Crippen molar-refractivity contribution < 1.29 is 8.42 Å². The van der Waals surface area contributed by atoms with E-state index in [4.69, 9.17) is 11.6 Å². The summed E-state index contributed by atoms with van der Waals surface area (Å²) in [5.74, 6) is 0.395. The smallest absolute Gasteiger partial charge is 0.234 e. The standard InChI is InChI=1S/C19H14ClN3O2S/c1-26(24,25)18-12-23(17-9-5-3-7-15(17)18)19-21-10-13(11-22-19)14-6-2-4-8-16(14)20/h2-12H,1H3. The average Bonchev–Trinajstić information content (AvgIpc) is 3.02. The second-order valence-corrected chi connectivity index (χ2v) is 8.30. The van der Waals surface area contributed by atoms with E-state index in [0.717, 1.165) is 16.6 Å². The van der Waals surface area contributed by atoms with Crippen LogP contribution in [-0.4, -0.2) is 29.2 Å². The first kappa shape index (κ1) is 16.8. The monoisotopic (exact) mass is 383 g/mol. The average molecular weight is 384 g/mol. The Morgan fingerprint density at radius 1 is 0.962 bits per heavy atom. The molecule has 7 heteroatoms. The predicted octanol–water partition coefficient (Wildman–Crippen LogP) is 4.14. The minimum atomic E-state index is -3.37. The summed E-state index contributed by atoms with van der Waals surface area (Å²) in [6, 6.07) is 14.7. The second-order valence-electron chi connectivity index (χ2n) is 5.90. The van der Waals surface area contributed by atoms with Gasteiger partial charge in [-0.05, 0) is 12.1 Å². The molecule has 0 bridgehead atoms. The Bertz CT molecular complexity index is 1220. The first-order valence-corrected chi connectivity index (χ1v) is 10.1. The Morgan fingerprint density at radius 2 is 1.62 bits per heavy atom. The van der Waals surface area contributed by atoms with Gasteiger partial charge in [-0.15, -0.1) is 0 Å². The van der Waals surface area contributed by atoms with Crippen LogP contribution < -0.4 is 0 Å². The number of rotatable bonds is 3. The van der Waals surface area contributed by atoms with Crippen LogP contribution in [0.3, 0.4) is 0 Å². The van der Waals surface area contributed by atoms with E-state index >= 15 is 0 Å². The van der Waals surface area contributed by atoms with Gasteiger partial charge in [-0.3, -0.25) is 4.57 Å². The van der Waals surface area contributed by atoms with Gasteiger partial charge >= 0.3 is 0 Å². The number of hydrogen-bond donors (Lipinski definition) is 0. The third-order valence-electron chi connectivity index (χ3n) is 4.11. The quantitative estimate of drug-likeness (QED) is 0.533. The lowest BCUT2D eigenvalue weighted by molar-refractivity contribution is 0.602. The van der Waals surface area contributed by atoms with Crippen molar-refractivity contribution in [3.8, 4) is 17.1 Å². The molecule has 130 valence electrons. The molecule has 2 aromatic carbocycles. The van der Waals surface area contributed by atoms with Gasteiger partial charge in [0.25, 0.3) is 0 Å². The third kappa shape index (κ3) is 2.87. The molecule has 0 aliphatic rings. The Labute approximate surface area is 155 Å². The molecule has 0 fully saturated rings. The number of nitrogens with zero attached hydrogens (tertiary/aromatic N) is 3. The molecule has 0 amide bonds. The maximum absolute atomic E-state index is 12.1. The molecule has 0 saturated heterocycles. The highest BCUT2D eigenvalue weighted by Gasteiger charge is 2.18.